The molecule has 22 heavy (non-hydrogen) atoms. The van der Waals surface area contributed by atoms with E-state index in [2.05, 4.69) is 5.32 Å². The quantitative estimate of drug-likeness (QED) is 0.829. The highest BCUT2D eigenvalue weighted by Crippen LogP contribution is 2.35. The number of nitrogens with one attached hydrogen (secondary N) is 1. The third kappa shape index (κ3) is 3.37. The lowest BCUT2D eigenvalue weighted by Crippen LogP contribution is -2.13. The summed E-state index contributed by atoms with van der Waals surface area (Å²) in [6.45, 7) is 0. The van der Waals surface area contributed by atoms with Crippen LogP contribution in [0.5, 0.6) is 11.5 Å². The average molecular weight is 341 g/mol. The van der Waals surface area contributed by atoms with Gasteiger partial charge in [-0.1, -0.05) is 23.2 Å². The van der Waals surface area contributed by atoms with Crippen molar-refractivity contribution >= 4 is 40.5 Å². The van der Waals surface area contributed by atoms with Crippen LogP contribution in [0, 0.1) is 0 Å². The van der Waals surface area contributed by atoms with Crippen LogP contribution in [0.4, 0.5) is 11.4 Å². The lowest BCUT2D eigenvalue weighted by atomic mass is 10.2. The van der Waals surface area contributed by atoms with E-state index in [-0.39, 0.29) is 5.02 Å². The molecule has 116 valence electrons. The summed E-state index contributed by atoms with van der Waals surface area (Å²) < 4.78 is 10.3. The zero-order valence-corrected chi connectivity index (χ0v) is 13.5. The van der Waals surface area contributed by atoms with Crippen molar-refractivity contribution in [1.82, 2.24) is 0 Å². The fourth-order valence-electron chi connectivity index (χ4n) is 1.88. The van der Waals surface area contributed by atoms with Gasteiger partial charge in [0.1, 0.15) is 11.5 Å². The molecule has 0 radical (unpaired) electrons. The van der Waals surface area contributed by atoms with Crippen molar-refractivity contribution < 1.29 is 14.3 Å². The first-order valence-electron chi connectivity index (χ1n) is 6.24. The maximum Gasteiger partial charge on any atom is 0.257 e. The Morgan fingerprint density at radius 2 is 1.77 bits per heavy atom. The topological polar surface area (TPSA) is 73.6 Å². The molecule has 0 aromatic heterocycles. The van der Waals surface area contributed by atoms with E-state index in [0.717, 1.165) is 0 Å². The molecule has 1 amide bonds. The lowest BCUT2D eigenvalue weighted by Gasteiger charge is -2.14. The number of halogens is 2. The van der Waals surface area contributed by atoms with Gasteiger partial charge >= 0.3 is 0 Å². The van der Waals surface area contributed by atoms with E-state index >= 15 is 0 Å². The van der Waals surface area contributed by atoms with E-state index in [1.807, 2.05) is 0 Å². The number of methoxy groups -OCH3 is 2. The number of carbonyl (C=O) groups is 1. The third-order valence-electron chi connectivity index (χ3n) is 2.98. The minimum atomic E-state index is -0.396. The average Bonchev–Trinajstić information content (AvgIpc) is 2.48. The number of anilines is 2. The van der Waals surface area contributed by atoms with Crippen LogP contribution in [-0.4, -0.2) is 20.1 Å². The van der Waals surface area contributed by atoms with Crippen molar-refractivity contribution in [1.29, 1.82) is 0 Å². The summed E-state index contributed by atoms with van der Waals surface area (Å²) in [5.41, 5.74) is 6.93. The van der Waals surface area contributed by atoms with Crippen LogP contribution >= 0.6 is 23.2 Å². The SMILES string of the molecule is COc1cc(NC(=O)c2ccc(Cl)cc2Cl)c(OC)cc1N. The standard InChI is InChI=1S/C15H14Cl2N2O3/c1-21-13-7-12(14(22-2)6-11(13)18)19-15(20)9-4-3-8(16)5-10(9)17/h3-7H,18H2,1-2H3,(H,19,20). The van der Waals surface area contributed by atoms with Gasteiger partial charge in [0.2, 0.25) is 0 Å². The zero-order valence-electron chi connectivity index (χ0n) is 11.9. The van der Waals surface area contributed by atoms with Gasteiger partial charge in [0.15, 0.2) is 0 Å². The van der Waals surface area contributed by atoms with Crippen LogP contribution in [0.1, 0.15) is 10.4 Å². The van der Waals surface area contributed by atoms with Crippen LogP contribution in [0.25, 0.3) is 0 Å². The Labute approximate surface area is 137 Å². The largest absolute Gasteiger partial charge is 0.495 e. The molecule has 2 rings (SSSR count). The fraction of sp³-hybridized carbons (Fsp3) is 0.133. The molecule has 0 heterocycles. The summed E-state index contributed by atoms with van der Waals surface area (Å²) in [4.78, 5) is 12.3. The van der Waals surface area contributed by atoms with E-state index in [4.69, 9.17) is 38.4 Å². The molecule has 0 unspecified atom stereocenters. The molecular formula is C15H14Cl2N2O3. The van der Waals surface area contributed by atoms with E-state index < -0.39 is 5.91 Å². The Balaban J connectivity index is 2.35. The van der Waals surface area contributed by atoms with Gasteiger partial charge in [-0.3, -0.25) is 4.79 Å². The van der Waals surface area contributed by atoms with E-state index in [0.29, 0.717) is 33.5 Å². The first-order chi connectivity index (χ1) is 10.5. The molecular weight excluding hydrogens is 327 g/mol. The van der Waals surface area contributed by atoms with Gasteiger partial charge in [-0.25, -0.2) is 0 Å². The second-order valence-electron chi connectivity index (χ2n) is 4.37. The summed E-state index contributed by atoms with van der Waals surface area (Å²) in [6.07, 6.45) is 0. The highest BCUT2D eigenvalue weighted by Gasteiger charge is 2.15. The summed E-state index contributed by atoms with van der Waals surface area (Å²) in [7, 11) is 2.96. The van der Waals surface area contributed by atoms with E-state index in [1.165, 1.54) is 20.3 Å². The Hall–Kier alpha value is -2.11. The monoisotopic (exact) mass is 340 g/mol. The molecule has 0 atom stereocenters. The molecule has 0 aliphatic rings. The number of ether oxygens (including phenoxy) is 2. The Morgan fingerprint density at radius 3 is 2.36 bits per heavy atom. The van der Waals surface area contributed by atoms with Crippen molar-refractivity contribution in [2.24, 2.45) is 0 Å². The van der Waals surface area contributed by atoms with Crippen molar-refractivity contribution in [3.05, 3.63) is 45.9 Å². The molecule has 0 saturated heterocycles. The third-order valence-corrected chi connectivity index (χ3v) is 3.52. The van der Waals surface area contributed by atoms with Crippen molar-refractivity contribution in [3.63, 3.8) is 0 Å². The van der Waals surface area contributed by atoms with Crippen LogP contribution < -0.4 is 20.5 Å². The number of hydrogen-bond donors (Lipinski definition) is 2. The maximum absolute atomic E-state index is 12.3. The fourth-order valence-corrected chi connectivity index (χ4v) is 2.38. The summed E-state index contributed by atoms with van der Waals surface area (Å²) in [5.74, 6) is 0.446. The predicted octanol–water partition coefficient (Wildman–Crippen LogP) is 3.85. The predicted molar refractivity (Wildman–Crippen MR) is 88.4 cm³/mol. The summed E-state index contributed by atoms with van der Waals surface area (Å²) in [5, 5.41) is 3.42. The minimum Gasteiger partial charge on any atom is -0.495 e. The minimum absolute atomic E-state index is 0.256. The van der Waals surface area contributed by atoms with Gasteiger partial charge < -0.3 is 20.5 Å². The molecule has 0 aliphatic heterocycles. The number of carbonyl (C=O) groups excluding carboxylic acids is 1. The van der Waals surface area contributed by atoms with Crippen LogP contribution in [0.3, 0.4) is 0 Å². The number of amides is 1. The van der Waals surface area contributed by atoms with Gasteiger partial charge in [0.05, 0.1) is 36.2 Å². The molecule has 0 spiro atoms. The van der Waals surface area contributed by atoms with E-state index in [1.54, 1.807) is 24.3 Å². The van der Waals surface area contributed by atoms with Gasteiger partial charge in [-0.2, -0.15) is 0 Å². The molecule has 3 N–H and O–H groups in total. The van der Waals surface area contributed by atoms with Crippen molar-refractivity contribution in [2.75, 3.05) is 25.3 Å². The second-order valence-corrected chi connectivity index (χ2v) is 5.22. The molecule has 2 aromatic carbocycles. The number of nitrogen functional groups attached to an aromatic ring is 1. The maximum atomic E-state index is 12.3. The highest BCUT2D eigenvalue weighted by atomic mass is 35.5. The van der Waals surface area contributed by atoms with Gasteiger partial charge in [0, 0.05) is 17.2 Å². The van der Waals surface area contributed by atoms with Crippen molar-refractivity contribution in [3.8, 4) is 11.5 Å². The van der Waals surface area contributed by atoms with Gasteiger partial charge in [-0.05, 0) is 18.2 Å². The molecule has 0 bridgehead atoms. The Bertz CT molecular complexity index is 720. The van der Waals surface area contributed by atoms with Crippen LogP contribution in [-0.2, 0) is 0 Å². The highest BCUT2D eigenvalue weighted by molar-refractivity contribution is 6.37. The number of rotatable bonds is 4. The van der Waals surface area contributed by atoms with Crippen LogP contribution in [0.2, 0.25) is 10.0 Å². The molecule has 2 aromatic rings. The molecule has 0 fully saturated rings. The summed E-state index contributed by atoms with van der Waals surface area (Å²) in [6, 6.07) is 7.77. The zero-order chi connectivity index (χ0) is 16.3. The van der Waals surface area contributed by atoms with Crippen LogP contribution in [0.15, 0.2) is 30.3 Å². The first-order valence-corrected chi connectivity index (χ1v) is 6.99. The molecule has 7 heteroatoms. The Morgan fingerprint density at radius 1 is 1.09 bits per heavy atom. The first kappa shape index (κ1) is 16.3. The smallest absolute Gasteiger partial charge is 0.257 e. The molecule has 0 aliphatic carbocycles. The molecule has 0 saturated carbocycles. The molecule has 5 nitrogen and oxygen atoms in total. The van der Waals surface area contributed by atoms with Crippen molar-refractivity contribution in [2.45, 2.75) is 0 Å². The van der Waals surface area contributed by atoms with Gasteiger partial charge in [0.25, 0.3) is 5.91 Å². The van der Waals surface area contributed by atoms with E-state index in [9.17, 15) is 4.79 Å². The normalized spacial score (nSPS) is 10.2. The summed E-state index contributed by atoms with van der Waals surface area (Å²) >= 11 is 11.8. The number of benzene rings is 2. The number of hydrogen-bond acceptors (Lipinski definition) is 4. The number of nitrogens with two attached hydrogens (primary N) is 1. The second kappa shape index (κ2) is 6.77. The lowest BCUT2D eigenvalue weighted by molar-refractivity contribution is 0.102. The van der Waals surface area contributed by atoms with Gasteiger partial charge in [-0.15, -0.1) is 0 Å². The Kier molecular flexibility index (Phi) is 5.00.